The molecule has 30 heavy (non-hydrogen) atoms. The van der Waals surface area contributed by atoms with Crippen molar-refractivity contribution in [1.29, 1.82) is 0 Å². The lowest BCUT2D eigenvalue weighted by molar-refractivity contribution is 0.0619. The van der Waals surface area contributed by atoms with Gasteiger partial charge in [0.15, 0.2) is 0 Å². The largest absolute Gasteiger partial charge is 0.487 e. The molecular weight excluding hydrogens is 400 g/mol. The number of piperidine rings is 1. The molecule has 0 aliphatic carbocycles. The van der Waals surface area contributed by atoms with E-state index in [1.54, 1.807) is 18.2 Å². The van der Waals surface area contributed by atoms with Gasteiger partial charge >= 0.3 is 0 Å². The Morgan fingerprint density at radius 1 is 1.07 bits per heavy atom. The number of nitrogens with zero attached hydrogens (tertiary/aromatic N) is 1. The fourth-order valence-corrected chi connectivity index (χ4v) is 5.79. The molecule has 2 aliphatic rings. The molecule has 2 aromatic carbocycles. The van der Waals surface area contributed by atoms with Crippen molar-refractivity contribution in [3.05, 3.63) is 59.7 Å². The van der Waals surface area contributed by atoms with Gasteiger partial charge in [0.25, 0.3) is 5.91 Å². The number of hydrogen-bond acceptors (Lipinski definition) is 4. The molecule has 2 aliphatic heterocycles. The standard InChI is InChI=1S/C23H28N2O4S/c1-23(2)16-20(19-11-4-5-12-21(19)29-23)24-22(26)17-9-8-10-18(15-17)30(27,28)25-13-6-3-7-14-25/h4-5,8-12,15,20H,3,6-7,13-14,16H2,1-2H3,(H,24,26). The Hall–Kier alpha value is -2.38. The Balaban J connectivity index is 1.57. The first-order valence-electron chi connectivity index (χ1n) is 10.5. The van der Waals surface area contributed by atoms with Crippen LogP contribution in [0, 0.1) is 0 Å². The predicted octanol–water partition coefficient (Wildman–Crippen LogP) is 3.89. The van der Waals surface area contributed by atoms with E-state index in [1.165, 1.54) is 10.4 Å². The maximum atomic E-state index is 13.0. The van der Waals surface area contributed by atoms with Gasteiger partial charge in [-0.2, -0.15) is 4.31 Å². The summed E-state index contributed by atoms with van der Waals surface area (Å²) < 4.78 is 33.5. The third kappa shape index (κ3) is 4.23. The van der Waals surface area contributed by atoms with Gasteiger partial charge in [-0.3, -0.25) is 4.79 Å². The smallest absolute Gasteiger partial charge is 0.251 e. The van der Waals surface area contributed by atoms with Crippen LogP contribution in [-0.4, -0.2) is 37.3 Å². The second kappa shape index (κ2) is 8.04. The highest BCUT2D eigenvalue weighted by molar-refractivity contribution is 7.89. The molecule has 0 bridgehead atoms. The van der Waals surface area contributed by atoms with E-state index in [0.29, 0.717) is 25.1 Å². The van der Waals surface area contributed by atoms with Gasteiger partial charge in [-0.25, -0.2) is 8.42 Å². The summed E-state index contributed by atoms with van der Waals surface area (Å²) in [5.41, 5.74) is 0.864. The van der Waals surface area contributed by atoms with Gasteiger partial charge < -0.3 is 10.1 Å². The number of carbonyl (C=O) groups is 1. The summed E-state index contributed by atoms with van der Waals surface area (Å²) in [5.74, 6) is 0.476. The number of fused-ring (bicyclic) bond motifs is 1. The fourth-order valence-electron chi connectivity index (χ4n) is 4.22. The fraction of sp³-hybridized carbons (Fsp3) is 0.435. The number of benzene rings is 2. The van der Waals surface area contributed by atoms with Gasteiger partial charge in [-0.1, -0.05) is 30.7 Å². The van der Waals surface area contributed by atoms with Crippen LogP contribution in [0.25, 0.3) is 0 Å². The van der Waals surface area contributed by atoms with Crippen LogP contribution in [-0.2, 0) is 10.0 Å². The molecule has 160 valence electrons. The molecule has 2 heterocycles. The number of sulfonamides is 1. The number of para-hydroxylation sites is 1. The second-order valence-electron chi connectivity index (χ2n) is 8.62. The molecule has 1 N–H and O–H groups in total. The molecule has 1 saturated heterocycles. The number of ether oxygens (including phenoxy) is 1. The summed E-state index contributed by atoms with van der Waals surface area (Å²) >= 11 is 0. The minimum absolute atomic E-state index is 0.171. The van der Waals surface area contributed by atoms with E-state index >= 15 is 0 Å². The first-order valence-corrected chi connectivity index (χ1v) is 11.9. The SMILES string of the molecule is CC1(C)CC(NC(=O)c2cccc(S(=O)(=O)N3CCCCC3)c2)c2ccccc2O1. The van der Waals surface area contributed by atoms with Gasteiger partial charge in [-0.15, -0.1) is 0 Å². The summed E-state index contributed by atoms with van der Waals surface area (Å²) in [4.78, 5) is 13.2. The van der Waals surface area contributed by atoms with Crippen LogP contribution in [0.5, 0.6) is 5.75 Å². The molecule has 4 rings (SSSR count). The highest BCUT2D eigenvalue weighted by Crippen LogP contribution is 2.39. The Morgan fingerprint density at radius 3 is 2.57 bits per heavy atom. The van der Waals surface area contributed by atoms with Crippen molar-refractivity contribution in [3.63, 3.8) is 0 Å². The molecular formula is C23H28N2O4S. The molecule has 0 aromatic heterocycles. The van der Waals surface area contributed by atoms with Crippen LogP contribution in [0.2, 0.25) is 0 Å². The van der Waals surface area contributed by atoms with Crippen molar-refractivity contribution in [1.82, 2.24) is 9.62 Å². The summed E-state index contributed by atoms with van der Waals surface area (Å²) in [7, 11) is -3.59. The van der Waals surface area contributed by atoms with E-state index in [0.717, 1.165) is 30.6 Å². The highest BCUT2D eigenvalue weighted by Gasteiger charge is 2.34. The monoisotopic (exact) mass is 428 g/mol. The zero-order valence-electron chi connectivity index (χ0n) is 17.4. The van der Waals surface area contributed by atoms with Crippen LogP contribution >= 0.6 is 0 Å². The quantitative estimate of drug-likeness (QED) is 0.802. The zero-order chi connectivity index (χ0) is 21.4. The topological polar surface area (TPSA) is 75.7 Å². The molecule has 1 atom stereocenters. The lowest BCUT2D eigenvalue weighted by Crippen LogP contribution is -2.41. The van der Waals surface area contributed by atoms with E-state index in [4.69, 9.17) is 4.74 Å². The van der Waals surface area contributed by atoms with Crippen molar-refractivity contribution in [2.45, 2.75) is 56.1 Å². The number of rotatable bonds is 4. The highest BCUT2D eigenvalue weighted by atomic mass is 32.2. The molecule has 0 saturated carbocycles. The molecule has 1 unspecified atom stereocenters. The molecule has 0 radical (unpaired) electrons. The summed E-state index contributed by atoms with van der Waals surface area (Å²) in [6.45, 7) is 5.06. The summed E-state index contributed by atoms with van der Waals surface area (Å²) in [5, 5.41) is 3.08. The van der Waals surface area contributed by atoms with Crippen molar-refractivity contribution in [2.75, 3.05) is 13.1 Å². The zero-order valence-corrected chi connectivity index (χ0v) is 18.2. The van der Waals surface area contributed by atoms with E-state index in [-0.39, 0.29) is 16.8 Å². The summed E-state index contributed by atoms with van der Waals surface area (Å²) in [6.07, 6.45) is 3.43. The molecule has 2 aromatic rings. The normalized spacial score (nSPS) is 21.3. The van der Waals surface area contributed by atoms with Gasteiger partial charge in [0.05, 0.1) is 10.9 Å². The summed E-state index contributed by atoms with van der Waals surface area (Å²) in [6, 6.07) is 13.8. The van der Waals surface area contributed by atoms with Gasteiger partial charge in [0, 0.05) is 30.6 Å². The Kier molecular flexibility index (Phi) is 5.59. The first kappa shape index (κ1) is 20.9. The Labute approximate surface area is 178 Å². The molecule has 0 spiro atoms. The van der Waals surface area contributed by atoms with Crippen molar-refractivity contribution in [3.8, 4) is 5.75 Å². The van der Waals surface area contributed by atoms with Crippen LogP contribution in [0.1, 0.15) is 61.5 Å². The van der Waals surface area contributed by atoms with Crippen LogP contribution in [0.15, 0.2) is 53.4 Å². The molecule has 7 heteroatoms. The average Bonchev–Trinajstić information content (AvgIpc) is 2.73. The third-order valence-corrected chi connectivity index (χ3v) is 7.63. The number of hydrogen-bond donors (Lipinski definition) is 1. The van der Waals surface area contributed by atoms with Gasteiger partial charge in [0.1, 0.15) is 11.4 Å². The number of nitrogens with one attached hydrogen (secondary N) is 1. The maximum Gasteiger partial charge on any atom is 0.251 e. The first-order chi connectivity index (χ1) is 14.3. The van der Waals surface area contributed by atoms with Crippen LogP contribution < -0.4 is 10.1 Å². The number of carbonyl (C=O) groups excluding carboxylic acids is 1. The van der Waals surface area contributed by atoms with E-state index in [9.17, 15) is 13.2 Å². The molecule has 1 fully saturated rings. The van der Waals surface area contributed by atoms with Crippen molar-refractivity contribution < 1.29 is 17.9 Å². The third-order valence-electron chi connectivity index (χ3n) is 5.73. The lowest BCUT2D eigenvalue weighted by atomic mass is 9.89. The Bertz CT molecular complexity index is 1040. The van der Waals surface area contributed by atoms with E-state index < -0.39 is 15.6 Å². The lowest BCUT2D eigenvalue weighted by Gasteiger charge is -2.37. The average molecular weight is 429 g/mol. The van der Waals surface area contributed by atoms with E-state index in [1.807, 2.05) is 38.1 Å². The van der Waals surface area contributed by atoms with E-state index in [2.05, 4.69) is 5.32 Å². The molecule has 6 nitrogen and oxygen atoms in total. The second-order valence-corrected chi connectivity index (χ2v) is 10.6. The van der Waals surface area contributed by atoms with Gasteiger partial charge in [0.2, 0.25) is 10.0 Å². The van der Waals surface area contributed by atoms with Crippen molar-refractivity contribution in [2.24, 2.45) is 0 Å². The van der Waals surface area contributed by atoms with Crippen LogP contribution in [0.3, 0.4) is 0 Å². The molecule has 1 amide bonds. The van der Waals surface area contributed by atoms with Crippen molar-refractivity contribution >= 4 is 15.9 Å². The minimum atomic E-state index is -3.59. The maximum absolute atomic E-state index is 13.0. The predicted molar refractivity (Wildman–Crippen MR) is 115 cm³/mol. The Morgan fingerprint density at radius 2 is 1.80 bits per heavy atom. The number of amides is 1. The minimum Gasteiger partial charge on any atom is -0.487 e. The van der Waals surface area contributed by atoms with Gasteiger partial charge in [-0.05, 0) is 51.0 Å². The van der Waals surface area contributed by atoms with Crippen LogP contribution in [0.4, 0.5) is 0 Å².